The van der Waals surface area contributed by atoms with Gasteiger partial charge in [0.2, 0.25) is 0 Å². The van der Waals surface area contributed by atoms with Gasteiger partial charge in [-0.3, -0.25) is 0 Å². The summed E-state index contributed by atoms with van der Waals surface area (Å²) >= 11 is 0. The highest BCUT2D eigenvalue weighted by molar-refractivity contribution is 5.14. The van der Waals surface area contributed by atoms with Crippen molar-refractivity contribution in [3.63, 3.8) is 0 Å². The summed E-state index contributed by atoms with van der Waals surface area (Å²) in [5.41, 5.74) is 0. The Morgan fingerprint density at radius 2 is 1.69 bits per heavy atom. The molecule has 0 aromatic rings. The minimum absolute atomic E-state index is 0.232. The van der Waals surface area contributed by atoms with Crippen molar-refractivity contribution in [3.8, 4) is 0 Å². The maximum atomic E-state index is 9.07. The molecule has 0 aromatic heterocycles. The number of aliphatic hydroxyl groups excluding tert-OH is 1. The lowest BCUT2D eigenvalue weighted by atomic mass is 10.1. The highest BCUT2D eigenvalue weighted by atomic mass is 16.3. The Labute approximate surface area is 101 Å². The van der Waals surface area contributed by atoms with Crippen molar-refractivity contribution in [2.45, 2.75) is 58.3 Å². The van der Waals surface area contributed by atoms with Crippen LogP contribution in [0.25, 0.3) is 0 Å². The normalized spacial score (nSPS) is 12.2. The number of hydrogen-bond donors (Lipinski definition) is 1. The molecule has 92 valence electrons. The molecule has 0 rings (SSSR count). The molecule has 1 heteroatoms. The molecular weight excluding hydrogens is 196 g/mol. The molecule has 0 spiro atoms. The van der Waals surface area contributed by atoms with Gasteiger partial charge in [-0.05, 0) is 25.0 Å². The van der Waals surface area contributed by atoms with E-state index >= 15 is 0 Å². The smallest absolute Gasteiger partial charge is 0.114 e. The third-order valence-electron chi connectivity index (χ3n) is 2.59. The average molecular weight is 222 g/mol. The molecule has 1 N–H and O–H groups in total. The van der Waals surface area contributed by atoms with E-state index in [0.717, 1.165) is 6.42 Å². The van der Waals surface area contributed by atoms with Crippen LogP contribution in [0.4, 0.5) is 0 Å². The Bertz CT molecular complexity index is 213. The van der Waals surface area contributed by atoms with Gasteiger partial charge in [-0.2, -0.15) is 0 Å². The van der Waals surface area contributed by atoms with Crippen LogP contribution in [0.5, 0.6) is 0 Å². The molecular formula is C15H26O. The van der Waals surface area contributed by atoms with E-state index < -0.39 is 0 Å². The van der Waals surface area contributed by atoms with E-state index in [4.69, 9.17) is 5.11 Å². The first-order valence-electron chi connectivity index (χ1n) is 6.49. The first-order valence-corrected chi connectivity index (χ1v) is 6.49. The van der Waals surface area contributed by atoms with Crippen molar-refractivity contribution in [1.29, 1.82) is 0 Å². The fraction of sp³-hybridized carbons (Fsp3) is 0.600. The van der Waals surface area contributed by atoms with Crippen molar-refractivity contribution in [2.24, 2.45) is 0 Å². The Hall–Kier alpha value is -0.980. The third kappa shape index (κ3) is 11.1. The molecule has 0 fully saturated rings. The second-order valence-corrected chi connectivity index (χ2v) is 4.13. The van der Waals surface area contributed by atoms with Crippen molar-refractivity contribution < 1.29 is 5.11 Å². The van der Waals surface area contributed by atoms with Crippen LogP contribution >= 0.6 is 0 Å². The standard InChI is InChI=1S/C15H26O/c1-3-5-6-7-8-9-10-11-12-13-14-15(16)4-2/h4,12-14,16H,2-3,5-11H2,1H3. The number of hydrogen-bond acceptors (Lipinski definition) is 1. The molecule has 0 bridgehead atoms. The van der Waals surface area contributed by atoms with Crippen LogP contribution in [-0.2, 0) is 0 Å². The highest BCUT2D eigenvalue weighted by Crippen LogP contribution is 2.08. The molecule has 0 aliphatic rings. The molecule has 0 heterocycles. The lowest BCUT2D eigenvalue weighted by molar-refractivity contribution is 0.433. The van der Waals surface area contributed by atoms with Crippen LogP contribution in [0.2, 0.25) is 0 Å². The lowest BCUT2D eigenvalue weighted by Crippen LogP contribution is -1.78. The summed E-state index contributed by atoms with van der Waals surface area (Å²) < 4.78 is 0. The van der Waals surface area contributed by atoms with Crippen molar-refractivity contribution >= 4 is 0 Å². The van der Waals surface area contributed by atoms with E-state index in [1.165, 1.54) is 51.0 Å². The van der Waals surface area contributed by atoms with Crippen molar-refractivity contribution in [1.82, 2.24) is 0 Å². The monoisotopic (exact) mass is 222 g/mol. The average Bonchev–Trinajstić information content (AvgIpc) is 2.31. The number of rotatable bonds is 10. The van der Waals surface area contributed by atoms with Gasteiger partial charge in [-0.15, -0.1) is 0 Å². The van der Waals surface area contributed by atoms with Crippen LogP contribution in [0.15, 0.2) is 36.6 Å². The van der Waals surface area contributed by atoms with E-state index in [1.807, 2.05) is 6.08 Å². The molecule has 0 atom stereocenters. The Balaban J connectivity index is 3.23. The van der Waals surface area contributed by atoms with Crippen LogP contribution in [0.3, 0.4) is 0 Å². The summed E-state index contributed by atoms with van der Waals surface area (Å²) in [6.07, 6.45) is 17.6. The molecule has 0 aromatic carbocycles. The van der Waals surface area contributed by atoms with Gasteiger partial charge in [0.05, 0.1) is 0 Å². The quantitative estimate of drug-likeness (QED) is 0.301. The van der Waals surface area contributed by atoms with Gasteiger partial charge in [0.15, 0.2) is 0 Å². The van der Waals surface area contributed by atoms with Crippen LogP contribution < -0.4 is 0 Å². The first kappa shape index (κ1) is 15.0. The number of aliphatic hydroxyl groups is 1. The van der Waals surface area contributed by atoms with Gasteiger partial charge < -0.3 is 5.11 Å². The van der Waals surface area contributed by atoms with E-state index in [2.05, 4.69) is 19.6 Å². The fourth-order valence-electron chi connectivity index (χ4n) is 1.55. The summed E-state index contributed by atoms with van der Waals surface area (Å²) in [7, 11) is 0. The zero-order valence-corrected chi connectivity index (χ0v) is 10.6. The molecule has 0 unspecified atom stereocenters. The van der Waals surface area contributed by atoms with Crippen LogP contribution in [0.1, 0.15) is 58.3 Å². The van der Waals surface area contributed by atoms with Gasteiger partial charge in [0.1, 0.15) is 5.76 Å². The second kappa shape index (κ2) is 12.1. The van der Waals surface area contributed by atoms with E-state index in [-0.39, 0.29) is 5.76 Å². The second-order valence-electron chi connectivity index (χ2n) is 4.13. The summed E-state index contributed by atoms with van der Waals surface area (Å²) in [4.78, 5) is 0. The summed E-state index contributed by atoms with van der Waals surface area (Å²) in [5, 5.41) is 9.07. The van der Waals surface area contributed by atoms with Crippen LogP contribution in [-0.4, -0.2) is 5.11 Å². The molecule has 0 radical (unpaired) electrons. The minimum Gasteiger partial charge on any atom is -0.508 e. The first-order chi connectivity index (χ1) is 7.81. The Morgan fingerprint density at radius 3 is 2.31 bits per heavy atom. The maximum absolute atomic E-state index is 9.07. The fourth-order valence-corrected chi connectivity index (χ4v) is 1.55. The summed E-state index contributed by atoms with van der Waals surface area (Å²) in [6.45, 7) is 5.72. The highest BCUT2D eigenvalue weighted by Gasteiger charge is 1.88. The summed E-state index contributed by atoms with van der Waals surface area (Å²) in [5.74, 6) is 0.232. The molecule has 0 aliphatic carbocycles. The van der Waals surface area contributed by atoms with Gasteiger partial charge >= 0.3 is 0 Å². The molecule has 0 saturated carbocycles. The SMILES string of the molecule is C=CC(O)=CC=CCCCCCCCCC. The van der Waals surface area contributed by atoms with Gasteiger partial charge in [0.25, 0.3) is 0 Å². The molecule has 0 aliphatic heterocycles. The van der Waals surface area contributed by atoms with Gasteiger partial charge in [0, 0.05) is 0 Å². The number of allylic oxidation sites excluding steroid dienone is 4. The van der Waals surface area contributed by atoms with Crippen molar-refractivity contribution in [2.75, 3.05) is 0 Å². The zero-order chi connectivity index (χ0) is 12.1. The molecule has 1 nitrogen and oxygen atoms in total. The summed E-state index contributed by atoms with van der Waals surface area (Å²) in [6, 6.07) is 0. The maximum Gasteiger partial charge on any atom is 0.114 e. The number of unbranched alkanes of at least 4 members (excludes halogenated alkanes) is 7. The van der Waals surface area contributed by atoms with E-state index in [1.54, 1.807) is 6.08 Å². The topological polar surface area (TPSA) is 20.2 Å². The predicted molar refractivity (Wildman–Crippen MR) is 72.7 cm³/mol. The molecule has 0 amide bonds. The zero-order valence-electron chi connectivity index (χ0n) is 10.6. The minimum atomic E-state index is 0.232. The Kier molecular flexibility index (Phi) is 11.4. The third-order valence-corrected chi connectivity index (χ3v) is 2.59. The van der Waals surface area contributed by atoms with E-state index in [0.29, 0.717) is 0 Å². The van der Waals surface area contributed by atoms with Crippen molar-refractivity contribution in [3.05, 3.63) is 36.6 Å². The van der Waals surface area contributed by atoms with E-state index in [9.17, 15) is 0 Å². The predicted octanol–water partition coefficient (Wildman–Crippen LogP) is 5.31. The van der Waals surface area contributed by atoms with Crippen LogP contribution in [0, 0.1) is 0 Å². The van der Waals surface area contributed by atoms with Gasteiger partial charge in [-0.1, -0.05) is 64.2 Å². The Morgan fingerprint density at radius 1 is 1.06 bits per heavy atom. The largest absolute Gasteiger partial charge is 0.508 e. The lowest BCUT2D eigenvalue weighted by Gasteiger charge is -1.98. The molecule has 0 saturated heterocycles. The van der Waals surface area contributed by atoms with Gasteiger partial charge in [-0.25, -0.2) is 0 Å². The molecule has 16 heavy (non-hydrogen) atoms.